The van der Waals surface area contributed by atoms with Gasteiger partial charge in [0.05, 0.1) is 13.7 Å². The number of allylic oxidation sites excluding steroid dienone is 1. The normalized spacial score (nSPS) is 14.7. The van der Waals surface area contributed by atoms with Crippen LogP contribution in [-0.2, 0) is 30.5 Å². The fraction of sp³-hybridized carbons (Fsp3) is 0.235. The average molecular weight is 315 g/mol. The fourth-order valence-corrected chi connectivity index (χ4v) is 2.10. The molecule has 1 aromatic rings. The summed E-state index contributed by atoms with van der Waals surface area (Å²) in [6.07, 6.45) is 2.85. The Labute approximate surface area is 134 Å². The van der Waals surface area contributed by atoms with Gasteiger partial charge in [-0.15, -0.1) is 0 Å². The number of hydrogen-bond acceptors (Lipinski definition) is 5. The molecule has 2 rings (SSSR count). The van der Waals surface area contributed by atoms with Gasteiger partial charge in [-0.3, -0.25) is 14.4 Å². The van der Waals surface area contributed by atoms with Gasteiger partial charge in [0.25, 0.3) is 5.91 Å². The van der Waals surface area contributed by atoms with Crippen LogP contribution in [0.25, 0.3) is 0 Å². The maximum atomic E-state index is 12.2. The van der Waals surface area contributed by atoms with Gasteiger partial charge in [-0.25, -0.2) is 0 Å². The van der Waals surface area contributed by atoms with E-state index in [2.05, 4.69) is 11.3 Å². The summed E-state index contributed by atoms with van der Waals surface area (Å²) >= 11 is 0. The molecule has 0 bridgehead atoms. The van der Waals surface area contributed by atoms with E-state index in [0.29, 0.717) is 5.70 Å². The Kier molecular flexibility index (Phi) is 5.30. The molecule has 6 nitrogen and oxygen atoms in total. The number of methoxy groups -OCH3 is 1. The molecule has 1 heterocycles. The van der Waals surface area contributed by atoms with Crippen molar-refractivity contribution < 1.29 is 23.9 Å². The number of ether oxygens (including phenoxy) is 2. The summed E-state index contributed by atoms with van der Waals surface area (Å²) in [6.45, 7) is 3.57. The molecule has 0 fully saturated rings. The molecule has 1 aliphatic heterocycles. The summed E-state index contributed by atoms with van der Waals surface area (Å²) in [5.41, 5.74) is 1.22. The van der Waals surface area contributed by atoms with E-state index in [-0.39, 0.29) is 19.1 Å². The first kappa shape index (κ1) is 16.5. The topological polar surface area (TPSA) is 72.9 Å². The van der Waals surface area contributed by atoms with Crippen LogP contribution in [0.4, 0.5) is 0 Å². The fourth-order valence-electron chi connectivity index (χ4n) is 2.10. The molecule has 1 amide bonds. The molecule has 1 atom stereocenters. The molecule has 1 aliphatic rings. The van der Waals surface area contributed by atoms with Gasteiger partial charge in [0, 0.05) is 11.8 Å². The molecule has 1 aromatic carbocycles. The zero-order valence-electron chi connectivity index (χ0n) is 12.7. The van der Waals surface area contributed by atoms with Crippen molar-refractivity contribution in [3.63, 3.8) is 0 Å². The molecule has 0 N–H and O–H groups in total. The lowest BCUT2D eigenvalue weighted by molar-refractivity contribution is -0.162. The predicted molar refractivity (Wildman–Crippen MR) is 81.7 cm³/mol. The summed E-state index contributed by atoms with van der Waals surface area (Å²) in [5.74, 6) is -3.05. The smallest absolute Gasteiger partial charge is 0.322 e. The van der Waals surface area contributed by atoms with E-state index in [9.17, 15) is 14.4 Å². The minimum atomic E-state index is -1.22. The van der Waals surface area contributed by atoms with Gasteiger partial charge in [-0.05, 0) is 11.6 Å². The molecule has 0 spiro atoms. The van der Waals surface area contributed by atoms with E-state index < -0.39 is 17.9 Å². The molecule has 0 saturated carbocycles. The van der Waals surface area contributed by atoms with Crippen molar-refractivity contribution in [3.8, 4) is 0 Å². The second-order valence-corrected chi connectivity index (χ2v) is 4.94. The second-order valence-electron chi connectivity index (χ2n) is 4.94. The quantitative estimate of drug-likeness (QED) is 0.586. The Bertz CT molecular complexity index is 632. The van der Waals surface area contributed by atoms with E-state index >= 15 is 0 Å². The summed E-state index contributed by atoms with van der Waals surface area (Å²) < 4.78 is 9.80. The van der Waals surface area contributed by atoms with E-state index in [1.54, 1.807) is 12.1 Å². The molecule has 0 aliphatic carbocycles. The van der Waals surface area contributed by atoms with Crippen LogP contribution in [0, 0.1) is 5.92 Å². The minimum absolute atomic E-state index is 0.0420. The highest BCUT2D eigenvalue weighted by atomic mass is 16.5. The van der Waals surface area contributed by atoms with Crippen molar-refractivity contribution in [3.05, 3.63) is 60.3 Å². The predicted octanol–water partition coefficient (Wildman–Crippen LogP) is 1.43. The first-order valence-electron chi connectivity index (χ1n) is 7.00. The molecular weight excluding hydrogens is 298 g/mol. The van der Waals surface area contributed by atoms with Gasteiger partial charge in [0.1, 0.15) is 6.61 Å². The Morgan fingerprint density at radius 1 is 1.17 bits per heavy atom. The third-order valence-corrected chi connectivity index (χ3v) is 3.39. The largest absolute Gasteiger partial charge is 0.468 e. The molecule has 0 radical (unpaired) electrons. The van der Waals surface area contributed by atoms with Crippen molar-refractivity contribution in [2.75, 3.05) is 13.7 Å². The van der Waals surface area contributed by atoms with Crippen LogP contribution in [0.3, 0.4) is 0 Å². The standard InChI is InChI=1S/C17H17NO5/c1-12-8-9-15(19)18(12)10-14(16(20)22-2)17(21)23-11-13-6-4-3-5-7-13/h3-9,14H,1,10-11H2,2H3. The third-order valence-electron chi connectivity index (χ3n) is 3.39. The SMILES string of the molecule is C=C1C=CC(=O)N1CC(C(=O)OC)C(=O)OCc1ccccc1. The van der Waals surface area contributed by atoms with Crippen LogP contribution in [0.1, 0.15) is 5.56 Å². The number of benzene rings is 1. The molecular formula is C17H17NO5. The van der Waals surface area contributed by atoms with Crippen molar-refractivity contribution >= 4 is 17.8 Å². The van der Waals surface area contributed by atoms with Crippen molar-refractivity contribution in [2.45, 2.75) is 6.61 Å². The van der Waals surface area contributed by atoms with Gasteiger partial charge >= 0.3 is 11.9 Å². The summed E-state index contributed by atoms with van der Waals surface area (Å²) in [5, 5.41) is 0. The van der Waals surface area contributed by atoms with Crippen LogP contribution in [0.2, 0.25) is 0 Å². The number of hydrogen-bond donors (Lipinski definition) is 0. The van der Waals surface area contributed by atoms with Gasteiger partial charge in [0.2, 0.25) is 0 Å². The minimum Gasteiger partial charge on any atom is -0.468 e. The number of rotatable bonds is 6. The van der Waals surface area contributed by atoms with E-state index in [1.165, 1.54) is 24.2 Å². The Morgan fingerprint density at radius 3 is 2.43 bits per heavy atom. The molecule has 1 unspecified atom stereocenters. The lowest BCUT2D eigenvalue weighted by Crippen LogP contribution is -2.39. The molecule has 23 heavy (non-hydrogen) atoms. The van der Waals surface area contributed by atoms with Crippen LogP contribution >= 0.6 is 0 Å². The van der Waals surface area contributed by atoms with Crippen LogP contribution < -0.4 is 0 Å². The highest BCUT2D eigenvalue weighted by molar-refractivity contribution is 5.97. The Hall–Kier alpha value is -2.89. The Morgan fingerprint density at radius 2 is 1.87 bits per heavy atom. The van der Waals surface area contributed by atoms with Crippen molar-refractivity contribution in [1.29, 1.82) is 0 Å². The number of nitrogens with zero attached hydrogens (tertiary/aromatic N) is 1. The summed E-state index contributed by atoms with van der Waals surface area (Å²) in [7, 11) is 1.18. The lowest BCUT2D eigenvalue weighted by atomic mass is 10.1. The van der Waals surface area contributed by atoms with E-state index in [4.69, 9.17) is 4.74 Å². The summed E-state index contributed by atoms with van der Waals surface area (Å²) in [6, 6.07) is 9.09. The van der Waals surface area contributed by atoms with Crippen LogP contribution in [0.15, 0.2) is 54.8 Å². The van der Waals surface area contributed by atoms with Gasteiger partial charge < -0.3 is 14.4 Å². The molecule has 6 heteroatoms. The first-order chi connectivity index (χ1) is 11.0. The zero-order valence-corrected chi connectivity index (χ0v) is 12.7. The maximum absolute atomic E-state index is 12.2. The first-order valence-corrected chi connectivity index (χ1v) is 7.00. The van der Waals surface area contributed by atoms with Gasteiger partial charge in [-0.1, -0.05) is 36.9 Å². The zero-order chi connectivity index (χ0) is 16.8. The maximum Gasteiger partial charge on any atom is 0.322 e. The van der Waals surface area contributed by atoms with Crippen LogP contribution in [-0.4, -0.2) is 36.4 Å². The highest BCUT2D eigenvalue weighted by Crippen LogP contribution is 2.17. The lowest BCUT2D eigenvalue weighted by Gasteiger charge is -2.22. The molecule has 0 aromatic heterocycles. The number of carbonyl (C=O) groups is 3. The third kappa shape index (κ3) is 4.06. The van der Waals surface area contributed by atoms with Crippen molar-refractivity contribution in [1.82, 2.24) is 4.90 Å². The number of esters is 2. The van der Waals surface area contributed by atoms with E-state index in [0.717, 1.165) is 5.56 Å². The van der Waals surface area contributed by atoms with Gasteiger partial charge in [0.15, 0.2) is 5.92 Å². The highest BCUT2D eigenvalue weighted by Gasteiger charge is 2.34. The molecule has 120 valence electrons. The van der Waals surface area contributed by atoms with Crippen molar-refractivity contribution in [2.24, 2.45) is 5.92 Å². The summed E-state index contributed by atoms with van der Waals surface area (Å²) in [4.78, 5) is 37.0. The van der Waals surface area contributed by atoms with Gasteiger partial charge in [-0.2, -0.15) is 0 Å². The monoisotopic (exact) mass is 315 g/mol. The molecule has 0 saturated heterocycles. The second kappa shape index (κ2) is 7.40. The number of amides is 1. The Balaban J connectivity index is 2.02. The number of carbonyl (C=O) groups excluding carboxylic acids is 3. The van der Waals surface area contributed by atoms with E-state index in [1.807, 2.05) is 18.2 Å². The average Bonchev–Trinajstić information content (AvgIpc) is 2.89. The van der Waals surface area contributed by atoms with Crippen LogP contribution in [0.5, 0.6) is 0 Å².